The van der Waals surface area contributed by atoms with Crippen LogP contribution in [0.15, 0.2) is 11.9 Å². The summed E-state index contributed by atoms with van der Waals surface area (Å²) in [4.78, 5) is 16.3. The SMILES string of the molecule is [2H]/C(=C\C)P(=O)(O)O. The summed E-state index contributed by atoms with van der Waals surface area (Å²) in [5, 5.41) is 0. The van der Waals surface area contributed by atoms with E-state index in [1.165, 1.54) is 6.92 Å². The van der Waals surface area contributed by atoms with Gasteiger partial charge in [-0.15, -0.1) is 0 Å². The third-order valence-electron chi connectivity index (χ3n) is 0.297. The molecule has 0 radical (unpaired) electrons. The van der Waals surface area contributed by atoms with Gasteiger partial charge in [-0.2, -0.15) is 0 Å². The summed E-state index contributed by atoms with van der Waals surface area (Å²) in [5.74, 6) is -0.627. The minimum absolute atomic E-state index is 0.627. The Hall–Kier alpha value is -0.110. The molecule has 0 unspecified atom stereocenters. The van der Waals surface area contributed by atoms with Gasteiger partial charge >= 0.3 is 7.60 Å². The van der Waals surface area contributed by atoms with Crippen LogP contribution in [0.4, 0.5) is 0 Å². The van der Waals surface area contributed by atoms with Crippen LogP contribution in [0.5, 0.6) is 0 Å². The summed E-state index contributed by atoms with van der Waals surface area (Å²) in [6.45, 7) is 1.40. The van der Waals surface area contributed by atoms with Crippen LogP contribution in [-0.4, -0.2) is 9.79 Å². The molecule has 0 aliphatic heterocycles. The van der Waals surface area contributed by atoms with Crippen molar-refractivity contribution in [1.29, 1.82) is 0 Å². The minimum Gasteiger partial charge on any atom is -0.321 e. The molecule has 0 aliphatic carbocycles. The van der Waals surface area contributed by atoms with Gasteiger partial charge in [0.25, 0.3) is 0 Å². The van der Waals surface area contributed by atoms with Crippen LogP contribution in [0, 0.1) is 0 Å². The number of allylic oxidation sites excluding steroid dienone is 1. The van der Waals surface area contributed by atoms with E-state index in [1.54, 1.807) is 0 Å². The highest BCUT2D eigenvalue weighted by molar-refractivity contribution is 7.55. The molecule has 0 amide bonds. The van der Waals surface area contributed by atoms with Crippen LogP contribution in [0.3, 0.4) is 0 Å². The van der Waals surface area contributed by atoms with Crippen molar-refractivity contribution in [2.45, 2.75) is 6.92 Å². The Morgan fingerprint density at radius 3 is 2.29 bits per heavy atom. The molecular formula is C3H7O3P. The Morgan fingerprint density at radius 1 is 1.86 bits per heavy atom. The topological polar surface area (TPSA) is 57.5 Å². The fourth-order valence-corrected chi connectivity index (χ4v) is 0.505. The largest absolute Gasteiger partial charge is 0.348 e. The first-order valence-electron chi connectivity index (χ1n) is 2.17. The quantitative estimate of drug-likeness (QED) is 0.504. The Kier molecular flexibility index (Phi) is 1.63. The van der Waals surface area contributed by atoms with E-state index in [0.29, 0.717) is 0 Å². The summed E-state index contributed by atoms with van der Waals surface area (Å²) < 4.78 is 16.6. The molecule has 4 heteroatoms. The molecule has 0 aromatic heterocycles. The highest BCUT2D eigenvalue weighted by Crippen LogP contribution is 2.35. The molecule has 0 aliphatic rings. The van der Waals surface area contributed by atoms with E-state index < -0.39 is 13.4 Å². The van der Waals surface area contributed by atoms with E-state index >= 15 is 0 Å². The molecule has 2 N–H and O–H groups in total. The molecule has 0 aromatic carbocycles. The van der Waals surface area contributed by atoms with E-state index in [0.717, 1.165) is 6.08 Å². The third-order valence-corrected chi connectivity index (χ3v) is 0.892. The van der Waals surface area contributed by atoms with Gasteiger partial charge in [-0.1, -0.05) is 6.08 Å². The molecular weight excluding hydrogens is 115 g/mol. The zero-order valence-corrected chi connectivity index (χ0v) is 4.72. The molecule has 7 heavy (non-hydrogen) atoms. The lowest BCUT2D eigenvalue weighted by atomic mass is 10.8. The molecule has 0 saturated carbocycles. The van der Waals surface area contributed by atoms with Crippen molar-refractivity contribution >= 4 is 7.60 Å². The first-order valence-corrected chi connectivity index (χ1v) is 3.28. The van der Waals surface area contributed by atoms with E-state index in [9.17, 15) is 4.57 Å². The number of hydrogen-bond acceptors (Lipinski definition) is 1. The predicted octanol–water partition coefficient (Wildman–Crippen LogP) is 0.698. The van der Waals surface area contributed by atoms with E-state index in [1.807, 2.05) is 0 Å². The van der Waals surface area contributed by atoms with E-state index in [2.05, 4.69) is 0 Å². The van der Waals surface area contributed by atoms with Crippen molar-refractivity contribution in [1.82, 2.24) is 0 Å². The summed E-state index contributed by atoms with van der Waals surface area (Å²) in [6.07, 6.45) is 1.07. The van der Waals surface area contributed by atoms with Gasteiger partial charge in [0, 0.05) is 5.79 Å². The maximum Gasteiger partial charge on any atom is 0.348 e. The number of hydrogen-bond donors (Lipinski definition) is 2. The Labute approximate surface area is 43.2 Å². The maximum absolute atomic E-state index is 10.0. The average molecular weight is 123 g/mol. The second-order valence-corrected chi connectivity index (χ2v) is 2.31. The van der Waals surface area contributed by atoms with Gasteiger partial charge in [0.2, 0.25) is 0 Å². The fraction of sp³-hybridized carbons (Fsp3) is 0.333. The lowest BCUT2D eigenvalue weighted by molar-refractivity contribution is 0.386. The molecule has 0 heterocycles. The molecule has 0 spiro atoms. The molecule has 42 valence electrons. The minimum atomic E-state index is -4.23. The first-order chi connectivity index (χ1) is 3.48. The predicted molar refractivity (Wildman–Crippen MR) is 26.9 cm³/mol. The highest BCUT2D eigenvalue weighted by Gasteiger charge is 2.02. The van der Waals surface area contributed by atoms with Crippen LogP contribution in [-0.2, 0) is 4.57 Å². The van der Waals surface area contributed by atoms with Crippen molar-refractivity contribution in [3.05, 3.63) is 11.9 Å². The lowest BCUT2D eigenvalue weighted by Crippen LogP contribution is -1.65. The van der Waals surface area contributed by atoms with Crippen LogP contribution < -0.4 is 0 Å². The standard InChI is InChI=1S/C3H7O3P/c1-2-3-7(4,5)6/h2-3H,1H3,(H2,4,5,6)/b3-2+/i3D. The van der Waals surface area contributed by atoms with E-state index in [-0.39, 0.29) is 0 Å². The molecule has 0 saturated heterocycles. The van der Waals surface area contributed by atoms with E-state index in [4.69, 9.17) is 11.2 Å². The van der Waals surface area contributed by atoms with Gasteiger partial charge in [0.05, 0.1) is 1.37 Å². The van der Waals surface area contributed by atoms with Crippen molar-refractivity contribution in [2.75, 3.05) is 0 Å². The maximum atomic E-state index is 10.0. The van der Waals surface area contributed by atoms with Gasteiger partial charge in [0.1, 0.15) is 0 Å². The normalized spacial score (nSPS) is 16.4. The summed E-state index contributed by atoms with van der Waals surface area (Å²) in [5.41, 5.74) is 0. The van der Waals surface area contributed by atoms with Gasteiger partial charge in [-0.25, -0.2) is 0 Å². The Balaban J connectivity index is 4.27. The molecule has 0 rings (SSSR count). The lowest BCUT2D eigenvalue weighted by Gasteiger charge is -1.89. The average Bonchev–Trinajstić information content (AvgIpc) is 1.62. The second-order valence-electron chi connectivity index (χ2n) is 0.962. The third kappa shape index (κ3) is 5.89. The number of rotatable bonds is 1. The smallest absolute Gasteiger partial charge is 0.321 e. The molecule has 0 atom stereocenters. The van der Waals surface area contributed by atoms with Crippen LogP contribution in [0.25, 0.3) is 0 Å². The molecule has 3 nitrogen and oxygen atoms in total. The zero-order valence-electron chi connectivity index (χ0n) is 4.83. The summed E-state index contributed by atoms with van der Waals surface area (Å²) >= 11 is 0. The monoisotopic (exact) mass is 123 g/mol. The summed E-state index contributed by atoms with van der Waals surface area (Å²) in [6, 6.07) is 0. The van der Waals surface area contributed by atoms with Gasteiger partial charge in [-0.05, 0) is 6.92 Å². The van der Waals surface area contributed by atoms with Gasteiger partial charge in [0.15, 0.2) is 0 Å². The van der Waals surface area contributed by atoms with Crippen molar-refractivity contribution < 1.29 is 15.7 Å². The van der Waals surface area contributed by atoms with Crippen molar-refractivity contribution in [3.63, 3.8) is 0 Å². The van der Waals surface area contributed by atoms with Gasteiger partial charge < -0.3 is 9.79 Å². The van der Waals surface area contributed by atoms with Crippen molar-refractivity contribution in [3.8, 4) is 0 Å². The summed E-state index contributed by atoms with van der Waals surface area (Å²) in [7, 11) is -4.23. The van der Waals surface area contributed by atoms with Crippen LogP contribution in [0.2, 0.25) is 0 Å². The highest BCUT2D eigenvalue weighted by atomic mass is 31.2. The van der Waals surface area contributed by atoms with Crippen LogP contribution >= 0.6 is 7.60 Å². The Morgan fingerprint density at radius 2 is 2.29 bits per heavy atom. The molecule has 0 aromatic rings. The van der Waals surface area contributed by atoms with Crippen LogP contribution in [0.1, 0.15) is 8.29 Å². The van der Waals surface area contributed by atoms with Gasteiger partial charge in [-0.3, -0.25) is 4.57 Å². The molecule has 0 fully saturated rings. The first kappa shape index (κ1) is 5.04. The molecule has 0 bridgehead atoms. The Bertz CT molecular complexity index is 147. The zero-order chi connectivity index (χ0) is 6.78. The van der Waals surface area contributed by atoms with Crippen molar-refractivity contribution in [2.24, 2.45) is 0 Å². The fourth-order valence-electron chi connectivity index (χ4n) is 0.168. The second kappa shape index (κ2) is 2.26.